The van der Waals surface area contributed by atoms with Crippen LogP contribution in [0.3, 0.4) is 0 Å². The summed E-state index contributed by atoms with van der Waals surface area (Å²) >= 11 is 3.64. The topological polar surface area (TPSA) is 12.0 Å². The van der Waals surface area contributed by atoms with Gasteiger partial charge in [0.1, 0.15) is 0 Å². The molecule has 1 aromatic rings. The second-order valence-corrected chi connectivity index (χ2v) is 5.34. The van der Waals surface area contributed by atoms with Crippen LogP contribution in [0.25, 0.3) is 0 Å². The van der Waals surface area contributed by atoms with Gasteiger partial charge < -0.3 is 5.32 Å². The van der Waals surface area contributed by atoms with Crippen LogP contribution < -0.4 is 5.32 Å². The molecule has 0 spiro atoms. The lowest BCUT2D eigenvalue weighted by Gasteiger charge is -2.24. The van der Waals surface area contributed by atoms with Gasteiger partial charge in [-0.3, -0.25) is 0 Å². The number of halogens is 1. The first-order valence-electron chi connectivity index (χ1n) is 5.66. The van der Waals surface area contributed by atoms with Crippen LogP contribution in [0.1, 0.15) is 35.4 Å². The molecule has 1 fully saturated rings. The Kier molecular flexibility index (Phi) is 3.47. The van der Waals surface area contributed by atoms with Crippen LogP contribution in [0.5, 0.6) is 0 Å². The van der Waals surface area contributed by atoms with Gasteiger partial charge in [0.15, 0.2) is 0 Å². The predicted octanol–water partition coefficient (Wildman–Crippen LogP) is 3.53. The lowest BCUT2D eigenvalue weighted by molar-refractivity contribution is 0.461. The van der Waals surface area contributed by atoms with Crippen LogP contribution >= 0.6 is 15.9 Å². The highest BCUT2D eigenvalue weighted by molar-refractivity contribution is 9.10. The lowest BCUT2D eigenvalue weighted by Crippen LogP contribution is -2.28. The summed E-state index contributed by atoms with van der Waals surface area (Å²) in [7, 11) is 0. The van der Waals surface area contributed by atoms with Crippen LogP contribution in [-0.4, -0.2) is 13.1 Å². The van der Waals surface area contributed by atoms with Crippen molar-refractivity contribution in [3.63, 3.8) is 0 Å². The summed E-state index contributed by atoms with van der Waals surface area (Å²) in [5.74, 6) is 0.703. The quantitative estimate of drug-likeness (QED) is 0.821. The third-order valence-corrected chi connectivity index (χ3v) is 4.22. The van der Waals surface area contributed by atoms with Gasteiger partial charge in [-0.2, -0.15) is 0 Å². The van der Waals surface area contributed by atoms with Crippen molar-refractivity contribution in [3.8, 4) is 0 Å². The van der Waals surface area contributed by atoms with Gasteiger partial charge in [0.25, 0.3) is 0 Å². The molecule has 82 valence electrons. The minimum atomic E-state index is 0.703. The zero-order chi connectivity index (χ0) is 10.8. The molecule has 2 heteroatoms. The van der Waals surface area contributed by atoms with Crippen molar-refractivity contribution in [1.29, 1.82) is 0 Å². The Morgan fingerprint density at radius 2 is 2.13 bits per heavy atom. The van der Waals surface area contributed by atoms with Gasteiger partial charge in [-0.05, 0) is 61.9 Å². The molecule has 0 amide bonds. The highest BCUT2D eigenvalue weighted by atomic mass is 79.9. The van der Waals surface area contributed by atoms with Crippen LogP contribution in [0.15, 0.2) is 16.6 Å². The molecule has 0 saturated carbocycles. The third kappa shape index (κ3) is 2.43. The average molecular weight is 268 g/mol. The van der Waals surface area contributed by atoms with E-state index in [9.17, 15) is 0 Å². The van der Waals surface area contributed by atoms with Crippen molar-refractivity contribution >= 4 is 15.9 Å². The first-order chi connectivity index (χ1) is 7.18. The molecule has 1 aromatic carbocycles. The molecule has 0 aromatic heterocycles. The van der Waals surface area contributed by atoms with E-state index in [0.717, 1.165) is 6.54 Å². The second-order valence-electron chi connectivity index (χ2n) is 4.49. The summed E-state index contributed by atoms with van der Waals surface area (Å²) in [6.07, 6.45) is 2.62. The van der Waals surface area contributed by atoms with Gasteiger partial charge in [0.2, 0.25) is 0 Å². The standard InChI is InChI=1S/C13H18BrN/c1-9-6-12(7-13(14)10(9)2)11-4-3-5-15-8-11/h6-7,11,15H,3-5,8H2,1-2H3. The van der Waals surface area contributed by atoms with E-state index in [1.807, 2.05) is 0 Å². The largest absolute Gasteiger partial charge is 0.316 e. The molecule has 0 bridgehead atoms. The molecule has 1 N–H and O–H groups in total. The first-order valence-corrected chi connectivity index (χ1v) is 6.45. The van der Waals surface area contributed by atoms with Crippen molar-refractivity contribution in [2.45, 2.75) is 32.6 Å². The normalized spacial score (nSPS) is 21.7. The fraction of sp³-hybridized carbons (Fsp3) is 0.538. The number of aryl methyl sites for hydroxylation is 1. The van der Waals surface area contributed by atoms with Gasteiger partial charge in [0.05, 0.1) is 0 Å². The summed E-state index contributed by atoms with van der Waals surface area (Å²) in [5, 5.41) is 3.47. The van der Waals surface area contributed by atoms with Crippen LogP contribution in [-0.2, 0) is 0 Å². The fourth-order valence-electron chi connectivity index (χ4n) is 2.21. The number of hydrogen-bond donors (Lipinski definition) is 1. The van der Waals surface area contributed by atoms with Gasteiger partial charge in [-0.15, -0.1) is 0 Å². The number of rotatable bonds is 1. The number of benzene rings is 1. The van der Waals surface area contributed by atoms with E-state index in [4.69, 9.17) is 0 Å². The molecular formula is C13H18BrN. The smallest absolute Gasteiger partial charge is 0.0209 e. The minimum Gasteiger partial charge on any atom is -0.316 e. The summed E-state index contributed by atoms with van der Waals surface area (Å²) < 4.78 is 1.25. The summed E-state index contributed by atoms with van der Waals surface area (Å²) in [4.78, 5) is 0. The summed E-state index contributed by atoms with van der Waals surface area (Å²) in [6, 6.07) is 4.64. The Morgan fingerprint density at radius 3 is 2.73 bits per heavy atom. The van der Waals surface area contributed by atoms with Gasteiger partial charge in [0, 0.05) is 11.0 Å². The predicted molar refractivity (Wildman–Crippen MR) is 68.5 cm³/mol. The van der Waals surface area contributed by atoms with E-state index in [1.54, 1.807) is 0 Å². The van der Waals surface area contributed by atoms with E-state index < -0.39 is 0 Å². The van der Waals surface area contributed by atoms with Crippen molar-refractivity contribution in [2.75, 3.05) is 13.1 Å². The first kappa shape index (κ1) is 11.2. The van der Waals surface area contributed by atoms with Gasteiger partial charge in [-0.1, -0.05) is 22.0 Å². The Morgan fingerprint density at radius 1 is 1.33 bits per heavy atom. The summed E-state index contributed by atoms with van der Waals surface area (Å²) in [6.45, 7) is 6.68. The highest BCUT2D eigenvalue weighted by Gasteiger charge is 2.16. The van der Waals surface area contributed by atoms with Gasteiger partial charge in [-0.25, -0.2) is 0 Å². The van der Waals surface area contributed by atoms with E-state index in [-0.39, 0.29) is 0 Å². The monoisotopic (exact) mass is 267 g/mol. The molecule has 1 nitrogen and oxygen atoms in total. The molecule has 1 heterocycles. The maximum absolute atomic E-state index is 3.64. The van der Waals surface area contributed by atoms with Crippen molar-refractivity contribution in [3.05, 3.63) is 33.3 Å². The molecule has 0 aliphatic carbocycles. The molecule has 1 saturated heterocycles. The van der Waals surface area contributed by atoms with Gasteiger partial charge >= 0.3 is 0 Å². The highest BCUT2D eigenvalue weighted by Crippen LogP contribution is 2.29. The fourth-order valence-corrected chi connectivity index (χ4v) is 2.79. The average Bonchev–Trinajstić information content (AvgIpc) is 2.26. The van der Waals surface area contributed by atoms with Crippen molar-refractivity contribution < 1.29 is 0 Å². The van der Waals surface area contributed by atoms with Crippen molar-refractivity contribution in [1.82, 2.24) is 5.32 Å². The summed E-state index contributed by atoms with van der Waals surface area (Å²) in [5.41, 5.74) is 4.24. The minimum absolute atomic E-state index is 0.703. The van der Waals surface area contributed by atoms with Crippen LogP contribution in [0, 0.1) is 13.8 Å². The Balaban J connectivity index is 2.27. The van der Waals surface area contributed by atoms with Crippen molar-refractivity contribution in [2.24, 2.45) is 0 Å². The molecule has 1 aliphatic heterocycles. The zero-order valence-electron chi connectivity index (χ0n) is 9.44. The number of nitrogens with one attached hydrogen (secondary N) is 1. The Hall–Kier alpha value is -0.340. The third-order valence-electron chi connectivity index (χ3n) is 3.39. The maximum atomic E-state index is 3.64. The SMILES string of the molecule is Cc1cc(C2CCCNC2)cc(Br)c1C. The zero-order valence-corrected chi connectivity index (χ0v) is 11.0. The molecule has 15 heavy (non-hydrogen) atoms. The van der Waals surface area contributed by atoms with Crippen LogP contribution in [0.4, 0.5) is 0 Å². The Labute approximate surface area is 100 Å². The lowest BCUT2D eigenvalue weighted by atomic mass is 9.90. The molecule has 2 rings (SSSR count). The second kappa shape index (κ2) is 4.67. The van der Waals surface area contributed by atoms with E-state index >= 15 is 0 Å². The van der Waals surface area contributed by atoms with E-state index in [2.05, 4.69) is 47.2 Å². The number of hydrogen-bond acceptors (Lipinski definition) is 1. The maximum Gasteiger partial charge on any atom is 0.0209 e. The number of piperidine rings is 1. The molecule has 1 unspecified atom stereocenters. The molecule has 0 radical (unpaired) electrons. The Bertz CT molecular complexity index is 331. The van der Waals surface area contributed by atoms with E-state index in [1.165, 1.54) is 40.5 Å². The van der Waals surface area contributed by atoms with Crippen LogP contribution in [0.2, 0.25) is 0 Å². The molecule has 1 atom stereocenters. The molecular weight excluding hydrogens is 250 g/mol. The van der Waals surface area contributed by atoms with E-state index in [0.29, 0.717) is 5.92 Å². The molecule has 1 aliphatic rings.